The summed E-state index contributed by atoms with van der Waals surface area (Å²) >= 11 is 0. The molecule has 4 bridgehead atoms. The molecule has 5 N–H and O–H groups in total. The van der Waals surface area contributed by atoms with Gasteiger partial charge in [0.25, 0.3) is 5.91 Å². The monoisotopic (exact) mass is 649 g/mol. The second-order valence-electron chi connectivity index (χ2n) is 13.4. The fourth-order valence-electron chi connectivity index (χ4n) is 6.88. The van der Waals surface area contributed by atoms with Gasteiger partial charge in [0.1, 0.15) is 29.4 Å². The minimum absolute atomic E-state index is 0.0929. The van der Waals surface area contributed by atoms with Crippen molar-refractivity contribution >= 4 is 23.4 Å². The molecular weight excluding hydrogens is 610 g/mol. The average molecular weight is 650 g/mol. The van der Waals surface area contributed by atoms with Crippen LogP contribution in [0.3, 0.4) is 0 Å². The zero-order chi connectivity index (χ0) is 33.7. The highest BCUT2D eigenvalue weighted by molar-refractivity contribution is 5.95. The van der Waals surface area contributed by atoms with Gasteiger partial charge in [-0.3, -0.25) is 14.4 Å². The summed E-state index contributed by atoms with van der Waals surface area (Å²) in [6.45, 7) is 7.57. The molecule has 5 atom stereocenters. The van der Waals surface area contributed by atoms with Gasteiger partial charge in [-0.1, -0.05) is 88.4 Å². The number of aromatic nitrogens is 1. The van der Waals surface area contributed by atoms with Gasteiger partial charge in [0.15, 0.2) is 17.7 Å². The molecule has 1 spiro atoms. The number of aliphatic hydroxyl groups excluding tert-OH is 1. The molecule has 0 radical (unpaired) electrons. The largest absolute Gasteiger partial charge is 0.469 e. The Bertz CT molecular complexity index is 1890. The van der Waals surface area contributed by atoms with Gasteiger partial charge in [-0.2, -0.15) is 0 Å². The number of anilines is 1. The van der Waals surface area contributed by atoms with E-state index in [1.165, 1.54) is 0 Å². The summed E-state index contributed by atoms with van der Waals surface area (Å²) in [5, 5.41) is 22.8. The molecule has 3 aliphatic rings. The van der Waals surface area contributed by atoms with E-state index in [2.05, 4.69) is 21.3 Å². The first-order valence-electron chi connectivity index (χ1n) is 16.4. The van der Waals surface area contributed by atoms with Gasteiger partial charge in [0.05, 0.1) is 0 Å². The van der Waals surface area contributed by atoms with E-state index in [0.717, 1.165) is 27.9 Å². The summed E-state index contributed by atoms with van der Waals surface area (Å²) in [5.74, 6) is -1.02. The Labute approximate surface area is 278 Å². The van der Waals surface area contributed by atoms with Crippen LogP contribution >= 0.6 is 0 Å². The third kappa shape index (κ3) is 5.18. The van der Waals surface area contributed by atoms with Crippen molar-refractivity contribution < 1.29 is 28.6 Å². The molecule has 3 amide bonds. The quantitative estimate of drug-likeness (QED) is 0.202. The zero-order valence-corrected chi connectivity index (χ0v) is 27.2. The molecule has 48 heavy (non-hydrogen) atoms. The van der Waals surface area contributed by atoms with E-state index in [1.54, 1.807) is 13.8 Å². The van der Waals surface area contributed by atoms with Crippen molar-refractivity contribution in [1.29, 1.82) is 0 Å². The van der Waals surface area contributed by atoms with Crippen LogP contribution in [0.2, 0.25) is 0 Å². The summed E-state index contributed by atoms with van der Waals surface area (Å²) in [6.07, 6.45) is -1.80. The van der Waals surface area contributed by atoms with Crippen LogP contribution in [0.15, 0.2) is 77.2 Å². The summed E-state index contributed by atoms with van der Waals surface area (Å²) in [7, 11) is 0. The Morgan fingerprint density at radius 1 is 1.00 bits per heavy atom. The lowest BCUT2D eigenvalue weighted by Gasteiger charge is -2.29. The van der Waals surface area contributed by atoms with E-state index in [0.29, 0.717) is 11.5 Å². The van der Waals surface area contributed by atoms with E-state index in [4.69, 9.17) is 14.1 Å². The van der Waals surface area contributed by atoms with Crippen molar-refractivity contribution in [3.63, 3.8) is 0 Å². The average Bonchev–Trinajstić information content (AvgIpc) is 3.74. The van der Waals surface area contributed by atoms with Gasteiger partial charge in [0, 0.05) is 24.2 Å². The number of aliphatic hydroxyl groups is 1. The van der Waals surface area contributed by atoms with Crippen LogP contribution in [0.1, 0.15) is 78.1 Å². The first-order chi connectivity index (χ1) is 23.1. The predicted molar refractivity (Wildman–Crippen MR) is 177 cm³/mol. The lowest BCUT2D eigenvalue weighted by molar-refractivity contribution is -0.135. The number of ether oxygens (including phenoxy) is 1. The number of hydrogen-bond donors (Lipinski definition) is 5. The first kappa shape index (κ1) is 31.4. The molecule has 1 unspecified atom stereocenters. The van der Waals surface area contributed by atoms with Crippen LogP contribution in [0.4, 0.5) is 5.69 Å². The number of oxazole rings is 1. The maximum atomic E-state index is 14.2. The van der Waals surface area contributed by atoms with Gasteiger partial charge >= 0.3 is 0 Å². The molecule has 7 rings (SSSR count). The molecule has 11 nitrogen and oxygen atoms in total. The van der Waals surface area contributed by atoms with Crippen LogP contribution in [0.5, 0.6) is 5.75 Å². The fraction of sp³-hybridized carbons (Fsp3) is 0.351. The molecule has 0 saturated carbocycles. The highest BCUT2D eigenvalue weighted by Crippen LogP contribution is 2.58. The predicted octanol–water partition coefficient (Wildman–Crippen LogP) is 3.95. The lowest BCUT2D eigenvalue weighted by atomic mass is 9.72. The summed E-state index contributed by atoms with van der Waals surface area (Å²) in [4.78, 5) is 46.0. The zero-order valence-electron chi connectivity index (χ0n) is 27.2. The van der Waals surface area contributed by atoms with Crippen LogP contribution in [0, 0.1) is 11.8 Å². The first-order valence-corrected chi connectivity index (χ1v) is 16.4. The normalized spacial score (nSPS) is 22.7. The molecule has 11 heteroatoms. The van der Waals surface area contributed by atoms with Gasteiger partial charge in [-0.15, -0.1) is 0 Å². The third-order valence-electron chi connectivity index (χ3n) is 9.46. The lowest BCUT2D eigenvalue weighted by Crippen LogP contribution is -2.52. The van der Waals surface area contributed by atoms with Crippen molar-refractivity contribution in [1.82, 2.24) is 20.9 Å². The number of nitrogens with one attached hydrogen (secondary N) is 4. The van der Waals surface area contributed by atoms with E-state index in [1.807, 2.05) is 86.6 Å². The number of benzene rings is 3. The van der Waals surface area contributed by atoms with Crippen molar-refractivity contribution in [3.05, 3.63) is 112 Å². The fourth-order valence-corrected chi connectivity index (χ4v) is 6.88. The number of hydrogen-bond acceptors (Lipinski definition) is 8. The number of rotatable bonds is 7. The standard InChI is InChI=1S/C37H39N5O6/c1-19(2)28-35-42-29(33(45)38-18-21-10-6-5-7-11-21)31(48-35)37-23-12-8-9-13-25(23)40-36(37)47-27-15-14-22(16-24(27)37)17-26(32(44)41-28)39-34(46)30(43)20(3)4/h5-16,19-20,26,28,30,36,40,43H,17-18H2,1-4H3,(H,38,45)(H,39,46)(H,41,44)/t26-,28-,30-,36-,37?/m0/s1. The molecule has 3 aliphatic heterocycles. The Balaban J connectivity index is 1.41. The second-order valence-corrected chi connectivity index (χ2v) is 13.4. The maximum Gasteiger partial charge on any atom is 0.273 e. The molecule has 0 aliphatic carbocycles. The van der Waals surface area contributed by atoms with E-state index >= 15 is 0 Å². The topological polar surface area (TPSA) is 155 Å². The molecule has 0 saturated heterocycles. The minimum Gasteiger partial charge on any atom is -0.469 e. The van der Waals surface area contributed by atoms with Gasteiger partial charge in [-0.05, 0) is 40.7 Å². The molecule has 248 valence electrons. The number of amides is 3. The Hall–Kier alpha value is -5.16. The molecule has 3 aromatic carbocycles. The van der Waals surface area contributed by atoms with E-state index < -0.39 is 47.6 Å². The summed E-state index contributed by atoms with van der Waals surface area (Å²) in [6, 6.07) is 21.3. The van der Waals surface area contributed by atoms with Crippen molar-refractivity contribution in [3.8, 4) is 5.75 Å². The molecule has 4 heterocycles. The van der Waals surface area contributed by atoms with Crippen LogP contribution in [0.25, 0.3) is 0 Å². The molecule has 1 aromatic heterocycles. The molecular formula is C37H39N5O6. The number of carbonyl (C=O) groups excluding carboxylic acids is 3. The number of fused-ring (bicyclic) bond motifs is 4. The summed E-state index contributed by atoms with van der Waals surface area (Å²) < 4.78 is 13.3. The maximum absolute atomic E-state index is 14.2. The van der Waals surface area contributed by atoms with Crippen LogP contribution < -0.4 is 26.0 Å². The van der Waals surface area contributed by atoms with Gasteiger partial charge < -0.3 is 35.5 Å². The van der Waals surface area contributed by atoms with Crippen molar-refractivity contribution in [2.45, 2.75) is 70.5 Å². The number of nitrogens with zero attached hydrogens (tertiary/aromatic N) is 1. The van der Waals surface area contributed by atoms with Crippen molar-refractivity contribution in [2.75, 3.05) is 5.32 Å². The SMILES string of the molecule is CC(C)[C@H](O)C(=O)N[C@H]1Cc2ccc3c(c2)C2(c4ccccc4N[C@H]2O3)c2oc(nc2C(=O)NCc2ccccc2)[C@H](C(C)C)NC1=O. The number of carbonyl (C=O) groups is 3. The summed E-state index contributed by atoms with van der Waals surface area (Å²) in [5.41, 5.74) is 3.10. The Morgan fingerprint density at radius 3 is 2.50 bits per heavy atom. The highest BCUT2D eigenvalue weighted by atomic mass is 16.5. The van der Waals surface area contributed by atoms with E-state index in [9.17, 15) is 19.5 Å². The van der Waals surface area contributed by atoms with Crippen molar-refractivity contribution in [2.24, 2.45) is 11.8 Å². The van der Waals surface area contributed by atoms with Gasteiger partial charge in [0.2, 0.25) is 17.7 Å². The highest BCUT2D eigenvalue weighted by Gasteiger charge is 2.61. The second kappa shape index (κ2) is 12.1. The minimum atomic E-state index is -1.29. The van der Waals surface area contributed by atoms with Crippen LogP contribution in [-0.4, -0.2) is 46.2 Å². The Morgan fingerprint density at radius 2 is 1.75 bits per heavy atom. The van der Waals surface area contributed by atoms with Gasteiger partial charge in [-0.25, -0.2) is 4.98 Å². The Kier molecular flexibility index (Phi) is 7.95. The van der Waals surface area contributed by atoms with E-state index in [-0.39, 0.29) is 36.4 Å². The van der Waals surface area contributed by atoms with Crippen LogP contribution in [-0.2, 0) is 28.0 Å². The number of para-hydroxylation sites is 1. The molecule has 4 aromatic rings. The smallest absolute Gasteiger partial charge is 0.273 e. The molecule has 0 fully saturated rings. The third-order valence-corrected chi connectivity index (χ3v) is 9.46.